The molecule has 2 atom stereocenters. The Kier molecular flexibility index (Phi) is 10.6. The summed E-state index contributed by atoms with van der Waals surface area (Å²) in [5, 5.41) is 13.3. The first-order chi connectivity index (χ1) is 22.9. The molecule has 2 aromatic carbocycles. The molecule has 8 N–H and O–H groups in total. The lowest BCUT2D eigenvalue weighted by Gasteiger charge is -2.33. The molecule has 1 saturated heterocycles. The molecule has 4 heterocycles. The van der Waals surface area contributed by atoms with Gasteiger partial charge in [-0.2, -0.15) is 0 Å². The van der Waals surface area contributed by atoms with Crippen LogP contribution in [0.15, 0.2) is 95.0 Å². The number of aromatic nitrogens is 2. The summed E-state index contributed by atoms with van der Waals surface area (Å²) in [6, 6.07) is 15.8. The van der Waals surface area contributed by atoms with Crippen LogP contribution in [0.2, 0.25) is 0 Å². The largest absolute Gasteiger partial charge is 0.370 e. The van der Waals surface area contributed by atoms with E-state index in [-0.39, 0.29) is 24.2 Å². The van der Waals surface area contributed by atoms with Crippen molar-refractivity contribution in [2.45, 2.75) is 49.5 Å². The minimum Gasteiger partial charge on any atom is -0.370 e. The highest BCUT2D eigenvalue weighted by Gasteiger charge is 2.32. The van der Waals surface area contributed by atoms with Gasteiger partial charge in [-0.1, -0.05) is 24.3 Å². The van der Waals surface area contributed by atoms with Crippen molar-refractivity contribution in [1.29, 1.82) is 0 Å². The summed E-state index contributed by atoms with van der Waals surface area (Å²) >= 11 is 0. The topological polar surface area (TPSA) is 171 Å². The smallest absolute Gasteiger partial charge is 0.327 e. The van der Waals surface area contributed by atoms with Gasteiger partial charge in [0.25, 0.3) is 0 Å². The summed E-state index contributed by atoms with van der Waals surface area (Å²) in [6.45, 7) is 5.31. The third-order valence-electron chi connectivity index (χ3n) is 8.47. The normalized spacial score (nSPS) is 18.6. The maximum absolute atomic E-state index is 14.1. The number of rotatable bonds is 14. The van der Waals surface area contributed by atoms with Gasteiger partial charge in [-0.25, -0.2) is 18.3 Å². The van der Waals surface area contributed by atoms with E-state index in [1.807, 2.05) is 71.6 Å². The van der Waals surface area contributed by atoms with Crippen molar-refractivity contribution >= 4 is 34.4 Å². The fourth-order valence-corrected chi connectivity index (χ4v) is 7.40. The molecule has 0 spiro atoms. The van der Waals surface area contributed by atoms with Crippen LogP contribution in [-0.4, -0.2) is 75.0 Å². The van der Waals surface area contributed by atoms with Gasteiger partial charge in [0.05, 0.1) is 16.9 Å². The number of anilines is 1. The molecule has 14 heteroatoms. The number of guanidine groups is 1. The minimum absolute atomic E-state index is 0.110. The Labute approximate surface area is 277 Å². The van der Waals surface area contributed by atoms with Gasteiger partial charge in [-0.05, 0) is 80.4 Å². The van der Waals surface area contributed by atoms with Crippen LogP contribution in [0.4, 0.5) is 10.5 Å². The van der Waals surface area contributed by atoms with Crippen molar-refractivity contribution in [2.75, 3.05) is 37.6 Å². The number of carbonyl (C=O) groups excluding carboxylic acids is 1. The third kappa shape index (κ3) is 8.27. The zero-order valence-electron chi connectivity index (χ0n) is 26.3. The van der Waals surface area contributed by atoms with Crippen molar-refractivity contribution in [1.82, 2.24) is 35.1 Å². The van der Waals surface area contributed by atoms with Gasteiger partial charge in [-0.15, -0.1) is 0 Å². The second kappa shape index (κ2) is 15.4. The van der Waals surface area contributed by atoms with Gasteiger partial charge < -0.3 is 37.3 Å². The Morgan fingerprint density at radius 2 is 1.96 bits per heavy atom. The van der Waals surface area contributed by atoms with Gasteiger partial charge in [-0.3, -0.25) is 9.89 Å². The van der Waals surface area contributed by atoms with E-state index >= 15 is 0 Å². The zero-order chi connectivity index (χ0) is 32.6. The molecule has 3 aliphatic rings. The lowest BCUT2D eigenvalue weighted by Crippen LogP contribution is -2.51. The molecule has 0 radical (unpaired) electrons. The number of benzene rings is 2. The van der Waals surface area contributed by atoms with Crippen LogP contribution in [-0.2, 0) is 24.1 Å². The Hall–Kier alpha value is -4.50. The number of nitrogens with one attached hydrogen (secondary N) is 4. The molecule has 0 bridgehead atoms. The molecule has 3 aromatic rings. The first-order valence-electron chi connectivity index (χ1n) is 16.0. The van der Waals surface area contributed by atoms with Crippen molar-refractivity contribution in [3.8, 4) is 0 Å². The summed E-state index contributed by atoms with van der Waals surface area (Å²) < 4.78 is 18.2. The summed E-state index contributed by atoms with van der Waals surface area (Å²) in [7, 11) is -1.34. The average molecular weight is 658 g/mol. The van der Waals surface area contributed by atoms with Gasteiger partial charge >= 0.3 is 6.03 Å². The van der Waals surface area contributed by atoms with Crippen molar-refractivity contribution in [3.63, 3.8) is 0 Å². The predicted molar refractivity (Wildman–Crippen MR) is 185 cm³/mol. The molecular formula is C33H43N11O2S. The number of aliphatic imine (C=N–C) groups is 1. The van der Waals surface area contributed by atoms with Crippen LogP contribution < -0.4 is 37.6 Å². The van der Waals surface area contributed by atoms with Gasteiger partial charge in [0.2, 0.25) is 0 Å². The number of nitrogens with zero attached hydrogens (tertiary/aromatic N) is 5. The Morgan fingerprint density at radius 3 is 2.72 bits per heavy atom. The number of urea groups is 1. The Morgan fingerprint density at radius 1 is 1.13 bits per heavy atom. The lowest BCUT2D eigenvalue weighted by molar-refractivity contribution is 0.244. The van der Waals surface area contributed by atoms with E-state index in [2.05, 4.69) is 35.5 Å². The summed E-state index contributed by atoms with van der Waals surface area (Å²) in [6.07, 6.45) is 11.8. The molecule has 0 saturated carbocycles. The second-order valence-electron chi connectivity index (χ2n) is 11.8. The quantitative estimate of drug-likeness (QED) is 0.0866. The third-order valence-corrected chi connectivity index (χ3v) is 10.0. The predicted octanol–water partition coefficient (Wildman–Crippen LogP) is 1.80. The number of nitrogens with two attached hydrogens (primary N) is 2. The fourth-order valence-electron chi connectivity index (χ4n) is 5.98. The van der Waals surface area contributed by atoms with Gasteiger partial charge in [0.15, 0.2) is 5.96 Å². The molecule has 6 rings (SSSR count). The van der Waals surface area contributed by atoms with E-state index in [1.54, 1.807) is 17.4 Å². The number of amides is 2. The molecule has 3 aliphatic heterocycles. The van der Waals surface area contributed by atoms with E-state index < -0.39 is 11.0 Å². The highest BCUT2D eigenvalue weighted by molar-refractivity contribution is 7.82. The monoisotopic (exact) mass is 657 g/mol. The lowest BCUT2D eigenvalue weighted by atomic mass is 10.1. The number of piperidine rings is 1. The van der Waals surface area contributed by atoms with E-state index in [1.165, 1.54) is 0 Å². The molecule has 47 heavy (non-hydrogen) atoms. The SMILES string of the molecule is NC(N)=NCCCNCc1ccc(N2C=C3C=C(c4cccc(S(=O)N(CCn5ccnc5)C5CCNCC5)c4)NC3NC2=O)cc1. The number of carbonyl (C=O) groups is 1. The molecular weight excluding hydrogens is 615 g/mol. The first-order valence-corrected chi connectivity index (χ1v) is 17.2. The van der Waals surface area contributed by atoms with E-state index in [0.29, 0.717) is 19.6 Å². The van der Waals surface area contributed by atoms with Crippen LogP contribution in [0, 0.1) is 0 Å². The fraction of sp³-hybridized carbons (Fsp3) is 0.364. The van der Waals surface area contributed by atoms with Crippen molar-refractivity contribution in [2.24, 2.45) is 16.5 Å². The van der Waals surface area contributed by atoms with E-state index in [4.69, 9.17) is 11.5 Å². The standard InChI is InChI=1S/C33H43N11O2S/c34-32(35)39-12-2-11-37-21-24-5-7-27(8-6-24)43-22-26-20-30(40-31(26)41-33(43)45)25-3-1-4-29(19-25)47(46)44(28-9-13-36-14-10-28)18-17-42-16-15-38-23-42/h1,3-8,15-16,19-20,22-23,28,31,36-37,40H,2,9-14,17-18,21H2,(H,41,45)(H4,34,35,39). The van der Waals surface area contributed by atoms with Crippen LogP contribution in [0.3, 0.4) is 0 Å². The number of fused-ring (bicyclic) bond motifs is 1. The van der Waals surface area contributed by atoms with E-state index in [9.17, 15) is 9.00 Å². The number of hydrogen-bond donors (Lipinski definition) is 6. The van der Waals surface area contributed by atoms with Gasteiger partial charge in [0.1, 0.15) is 17.2 Å². The van der Waals surface area contributed by atoms with Crippen LogP contribution >= 0.6 is 0 Å². The maximum Gasteiger partial charge on any atom is 0.327 e. The summed E-state index contributed by atoms with van der Waals surface area (Å²) in [5.74, 6) is 0.110. The number of imidazole rings is 1. The zero-order valence-corrected chi connectivity index (χ0v) is 27.2. The molecule has 0 aliphatic carbocycles. The molecule has 1 aromatic heterocycles. The molecule has 2 unspecified atom stereocenters. The Bertz CT molecular complexity index is 1630. The van der Waals surface area contributed by atoms with Crippen molar-refractivity contribution in [3.05, 3.63) is 96.2 Å². The minimum atomic E-state index is -1.34. The molecule has 2 amide bonds. The first kappa shape index (κ1) is 32.4. The molecule has 248 valence electrons. The number of hydrogen-bond acceptors (Lipinski definition) is 7. The van der Waals surface area contributed by atoms with Crippen LogP contribution in [0.1, 0.15) is 30.4 Å². The summed E-state index contributed by atoms with van der Waals surface area (Å²) in [4.78, 5) is 23.6. The van der Waals surface area contributed by atoms with Crippen LogP contribution in [0.5, 0.6) is 0 Å². The Balaban J connectivity index is 1.12. The second-order valence-corrected chi connectivity index (χ2v) is 13.2. The summed E-state index contributed by atoms with van der Waals surface area (Å²) in [5.41, 5.74) is 15.3. The van der Waals surface area contributed by atoms with Crippen LogP contribution in [0.25, 0.3) is 5.70 Å². The average Bonchev–Trinajstić information content (AvgIpc) is 3.77. The van der Waals surface area contributed by atoms with Gasteiger partial charge in [0, 0.05) is 62.1 Å². The maximum atomic E-state index is 14.1. The van der Waals surface area contributed by atoms with E-state index in [0.717, 1.165) is 78.4 Å². The molecule has 13 nitrogen and oxygen atoms in total. The highest BCUT2D eigenvalue weighted by atomic mass is 32.2. The van der Waals surface area contributed by atoms with Crippen molar-refractivity contribution < 1.29 is 9.00 Å². The molecule has 1 fully saturated rings. The highest BCUT2D eigenvalue weighted by Crippen LogP contribution is 2.29.